The largest absolute Gasteiger partial charge is 0.368 e. The molecule has 6 nitrogen and oxygen atoms in total. The zero-order valence-electron chi connectivity index (χ0n) is 5.44. The van der Waals surface area contributed by atoms with Gasteiger partial charge >= 0.3 is 0 Å². The highest BCUT2D eigenvalue weighted by atomic mass is 17.0. The first kappa shape index (κ1) is 8.67. The molecule has 58 valence electrons. The lowest BCUT2D eigenvalue weighted by Crippen LogP contribution is -2.32. The van der Waals surface area contributed by atoms with E-state index in [2.05, 4.69) is 4.84 Å². The Morgan fingerprint density at radius 3 is 2.50 bits per heavy atom. The third-order valence-electron chi connectivity index (χ3n) is 0.901. The van der Waals surface area contributed by atoms with Crippen LogP contribution in [-0.2, 0) is 9.63 Å². The third kappa shape index (κ3) is 2.85. The molecule has 0 aromatic heterocycles. The predicted octanol–water partition coefficient (Wildman–Crippen LogP) is -0.541. The van der Waals surface area contributed by atoms with Gasteiger partial charge in [-0.1, -0.05) is 6.92 Å². The molecule has 1 amide bonds. The van der Waals surface area contributed by atoms with E-state index in [0.29, 0.717) is 0 Å². The molecule has 0 aliphatic carbocycles. The molecule has 0 aromatic carbocycles. The van der Waals surface area contributed by atoms with Gasteiger partial charge in [0, 0.05) is 0 Å². The van der Waals surface area contributed by atoms with Crippen LogP contribution in [0.2, 0.25) is 0 Å². The molecular formula is C4H8N2O4. The van der Waals surface area contributed by atoms with E-state index >= 15 is 0 Å². The van der Waals surface area contributed by atoms with Crippen molar-refractivity contribution >= 4 is 5.91 Å². The Kier molecular flexibility index (Phi) is 3.16. The molecule has 10 heavy (non-hydrogen) atoms. The van der Waals surface area contributed by atoms with E-state index < -0.39 is 17.1 Å². The molecule has 0 bridgehead atoms. The van der Waals surface area contributed by atoms with Gasteiger partial charge in [0.2, 0.25) is 5.91 Å². The Labute approximate surface area is 57.1 Å². The van der Waals surface area contributed by atoms with E-state index in [1.54, 1.807) is 6.92 Å². The van der Waals surface area contributed by atoms with Crippen molar-refractivity contribution in [3.8, 4) is 0 Å². The fourth-order valence-corrected chi connectivity index (χ4v) is 0.432. The van der Waals surface area contributed by atoms with Crippen LogP contribution in [0.4, 0.5) is 0 Å². The quantitative estimate of drug-likeness (QED) is 0.427. The van der Waals surface area contributed by atoms with Gasteiger partial charge in [0.15, 0.2) is 6.10 Å². The summed E-state index contributed by atoms with van der Waals surface area (Å²) in [5.74, 6) is -0.820. The topological polar surface area (TPSA) is 95.5 Å². The maximum absolute atomic E-state index is 10.3. The number of nitrogens with two attached hydrogens (primary N) is 1. The zero-order valence-corrected chi connectivity index (χ0v) is 5.44. The zero-order chi connectivity index (χ0) is 8.15. The van der Waals surface area contributed by atoms with E-state index in [0.717, 1.165) is 0 Å². The molecule has 0 heterocycles. The second-order valence-electron chi connectivity index (χ2n) is 1.63. The minimum atomic E-state index is -1.12. The van der Waals surface area contributed by atoms with Gasteiger partial charge in [-0.25, -0.2) is 0 Å². The number of hydrogen-bond acceptors (Lipinski definition) is 4. The van der Waals surface area contributed by atoms with Crippen LogP contribution in [-0.4, -0.2) is 17.1 Å². The number of rotatable bonds is 4. The normalized spacial score (nSPS) is 12.1. The van der Waals surface area contributed by atoms with Gasteiger partial charge in [0.1, 0.15) is 0 Å². The van der Waals surface area contributed by atoms with Crippen LogP contribution in [0.3, 0.4) is 0 Å². The van der Waals surface area contributed by atoms with E-state index in [9.17, 15) is 14.9 Å². The highest BCUT2D eigenvalue weighted by molar-refractivity contribution is 5.78. The smallest absolute Gasteiger partial charge is 0.295 e. The molecule has 0 radical (unpaired) electrons. The Bertz CT molecular complexity index is 146. The highest BCUT2D eigenvalue weighted by Gasteiger charge is 2.16. The number of amides is 1. The Morgan fingerprint density at radius 1 is 1.90 bits per heavy atom. The van der Waals surface area contributed by atoms with E-state index in [1.165, 1.54) is 0 Å². The van der Waals surface area contributed by atoms with Crippen molar-refractivity contribution in [1.82, 2.24) is 0 Å². The van der Waals surface area contributed by atoms with Crippen LogP contribution in [0.5, 0.6) is 0 Å². The Morgan fingerprint density at radius 2 is 2.40 bits per heavy atom. The summed E-state index contributed by atoms with van der Waals surface area (Å²) in [6.07, 6.45) is -0.911. The number of carbonyl (C=O) groups excluding carboxylic acids is 1. The lowest BCUT2D eigenvalue weighted by Gasteiger charge is -2.06. The Hall–Kier alpha value is -1.33. The molecule has 0 saturated carbocycles. The first-order valence-corrected chi connectivity index (χ1v) is 2.68. The monoisotopic (exact) mass is 148 g/mol. The summed E-state index contributed by atoms with van der Waals surface area (Å²) in [5, 5.41) is 8.62. The van der Waals surface area contributed by atoms with Crippen molar-refractivity contribution in [2.24, 2.45) is 5.73 Å². The molecule has 0 aromatic rings. The van der Waals surface area contributed by atoms with Crippen LogP contribution < -0.4 is 5.73 Å². The predicted molar refractivity (Wildman–Crippen MR) is 31.4 cm³/mol. The summed E-state index contributed by atoms with van der Waals surface area (Å²) in [6, 6.07) is 0. The van der Waals surface area contributed by atoms with Gasteiger partial charge in [-0.05, 0) is 6.42 Å². The molecule has 0 fully saturated rings. The number of carbonyl (C=O) groups is 1. The lowest BCUT2D eigenvalue weighted by molar-refractivity contribution is -0.764. The average molecular weight is 148 g/mol. The fourth-order valence-electron chi connectivity index (χ4n) is 0.432. The van der Waals surface area contributed by atoms with Gasteiger partial charge in [-0.2, -0.15) is 0 Å². The average Bonchev–Trinajstić information content (AvgIpc) is 1.81. The van der Waals surface area contributed by atoms with Gasteiger partial charge < -0.3 is 10.6 Å². The van der Waals surface area contributed by atoms with Gasteiger partial charge in [-0.15, -0.1) is 10.1 Å². The molecule has 0 spiro atoms. The summed E-state index contributed by atoms with van der Waals surface area (Å²) in [7, 11) is 0. The summed E-state index contributed by atoms with van der Waals surface area (Å²) < 4.78 is 0. The highest BCUT2D eigenvalue weighted by Crippen LogP contribution is 1.95. The summed E-state index contributed by atoms with van der Waals surface area (Å²) >= 11 is 0. The fraction of sp³-hybridized carbons (Fsp3) is 0.750. The van der Waals surface area contributed by atoms with Crippen molar-refractivity contribution in [1.29, 1.82) is 0 Å². The van der Waals surface area contributed by atoms with Crippen LogP contribution in [0.1, 0.15) is 13.3 Å². The molecule has 0 rings (SSSR count). The number of nitrogens with zero attached hydrogens (tertiary/aromatic N) is 1. The first-order chi connectivity index (χ1) is 4.57. The standard InChI is InChI=1S/C4H8N2O4/c1-2-3(4(5)7)10-6(8)9/h3H,2H2,1H3,(H2,5,7). The summed E-state index contributed by atoms with van der Waals surface area (Å²) in [6.45, 7) is 1.57. The summed E-state index contributed by atoms with van der Waals surface area (Å²) in [5.41, 5.74) is 4.73. The van der Waals surface area contributed by atoms with Crippen molar-refractivity contribution in [3.05, 3.63) is 10.1 Å². The second-order valence-corrected chi connectivity index (χ2v) is 1.63. The first-order valence-electron chi connectivity index (χ1n) is 2.68. The molecular weight excluding hydrogens is 140 g/mol. The Balaban J connectivity index is 3.83. The number of hydrogen-bond donors (Lipinski definition) is 1. The molecule has 1 atom stereocenters. The van der Waals surface area contributed by atoms with E-state index in [-0.39, 0.29) is 6.42 Å². The lowest BCUT2D eigenvalue weighted by atomic mass is 10.3. The van der Waals surface area contributed by atoms with Gasteiger partial charge in [0.05, 0.1) is 0 Å². The van der Waals surface area contributed by atoms with Gasteiger partial charge in [-0.3, -0.25) is 4.79 Å². The molecule has 0 aliphatic rings. The van der Waals surface area contributed by atoms with Crippen molar-refractivity contribution in [2.45, 2.75) is 19.4 Å². The van der Waals surface area contributed by atoms with Crippen molar-refractivity contribution < 1.29 is 14.7 Å². The SMILES string of the molecule is CCC(O[N+](=O)[O-])C(N)=O. The minimum absolute atomic E-state index is 0.205. The second kappa shape index (κ2) is 3.65. The maximum atomic E-state index is 10.3. The van der Waals surface area contributed by atoms with Crippen LogP contribution in [0.25, 0.3) is 0 Å². The third-order valence-corrected chi connectivity index (χ3v) is 0.901. The molecule has 1 unspecified atom stereocenters. The van der Waals surface area contributed by atoms with Gasteiger partial charge in [0.25, 0.3) is 5.09 Å². The van der Waals surface area contributed by atoms with Crippen LogP contribution in [0, 0.1) is 10.1 Å². The minimum Gasteiger partial charge on any atom is -0.368 e. The van der Waals surface area contributed by atoms with Crippen molar-refractivity contribution in [3.63, 3.8) is 0 Å². The molecule has 6 heteroatoms. The van der Waals surface area contributed by atoms with Crippen LogP contribution in [0.15, 0.2) is 0 Å². The summed E-state index contributed by atoms with van der Waals surface area (Å²) in [4.78, 5) is 23.8. The van der Waals surface area contributed by atoms with E-state index in [4.69, 9.17) is 5.73 Å². The molecule has 0 saturated heterocycles. The van der Waals surface area contributed by atoms with Crippen molar-refractivity contribution in [2.75, 3.05) is 0 Å². The van der Waals surface area contributed by atoms with Crippen LogP contribution >= 0.6 is 0 Å². The maximum Gasteiger partial charge on any atom is 0.295 e. The van der Waals surface area contributed by atoms with E-state index in [1.807, 2.05) is 0 Å². The molecule has 0 aliphatic heterocycles. The molecule has 2 N–H and O–H groups in total. The number of primary amides is 1.